The predicted molar refractivity (Wildman–Crippen MR) is 229 cm³/mol. The number of hydrogen-bond acceptors (Lipinski definition) is 6. The zero-order valence-corrected chi connectivity index (χ0v) is 32.4. The van der Waals surface area contributed by atoms with Gasteiger partial charge in [0.05, 0.1) is 37.2 Å². The van der Waals surface area contributed by atoms with Gasteiger partial charge in [0.1, 0.15) is 17.4 Å². The zero-order valence-electron chi connectivity index (χ0n) is 30.9. The van der Waals surface area contributed by atoms with Crippen LogP contribution < -0.4 is 21.6 Å². The number of nitrogens with two attached hydrogens (primary N) is 1. The van der Waals surface area contributed by atoms with Gasteiger partial charge >= 0.3 is 0 Å². The van der Waals surface area contributed by atoms with Crippen LogP contribution in [-0.2, 0) is 17.8 Å². The molecule has 3 aromatic heterocycles. The molecule has 0 unspecified atom stereocenters. The Bertz CT molecular complexity index is 2750. The van der Waals surface area contributed by atoms with Crippen molar-refractivity contribution in [1.82, 2.24) is 19.3 Å². The number of hydrogen-bond donors (Lipinski definition) is 2. The monoisotopic (exact) mass is 836 g/mol. The van der Waals surface area contributed by atoms with E-state index in [0.29, 0.717) is 46.2 Å². The molecule has 1 fully saturated rings. The normalized spacial score (nSPS) is 12.6. The number of nitrogens with zero attached hydrogens (tertiary/aromatic N) is 4. The van der Waals surface area contributed by atoms with Gasteiger partial charge in [-0.15, -0.1) is 0 Å². The molecule has 1 aliphatic rings. The summed E-state index contributed by atoms with van der Waals surface area (Å²) in [6, 6.07) is 26.9. The summed E-state index contributed by atoms with van der Waals surface area (Å²) in [7, 11) is 0. The molecule has 4 heterocycles. The minimum Gasteiger partial charge on any atom is -0.492 e. The lowest BCUT2D eigenvalue weighted by Gasteiger charge is -2.22. The number of anilines is 1. The molecule has 302 valence electrons. The predicted octanol–water partition coefficient (Wildman–Crippen LogP) is 10.2. The van der Waals surface area contributed by atoms with Crippen LogP contribution in [-0.4, -0.2) is 39.2 Å². The lowest BCUT2D eigenvalue weighted by Crippen LogP contribution is -2.21. The number of halogens is 4. The van der Waals surface area contributed by atoms with Crippen molar-refractivity contribution in [3.05, 3.63) is 174 Å². The molecular weight excluding hydrogens is 797 g/mol. The molecule has 0 amide bonds. The summed E-state index contributed by atoms with van der Waals surface area (Å²) in [5.41, 5.74) is 10.2. The highest BCUT2D eigenvalue weighted by molar-refractivity contribution is 6.30. The van der Waals surface area contributed by atoms with Gasteiger partial charge in [-0.3, -0.25) is 14.7 Å². The molecule has 1 aliphatic heterocycles. The van der Waals surface area contributed by atoms with Gasteiger partial charge in [0.25, 0.3) is 16.8 Å². The van der Waals surface area contributed by atoms with E-state index < -0.39 is 17.3 Å². The molecular formula is C45H40Cl2F2N6O4. The molecule has 0 atom stereocenters. The maximum absolute atomic E-state index is 13.8. The van der Waals surface area contributed by atoms with Gasteiger partial charge in [-0.2, -0.15) is 5.10 Å². The fraction of sp³-hybridized carbons (Fsp3) is 0.200. The maximum Gasteiger partial charge on any atom is 0.256 e. The number of pyridine rings is 2. The van der Waals surface area contributed by atoms with E-state index in [0.717, 1.165) is 71.3 Å². The van der Waals surface area contributed by atoms with E-state index in [1.54, 1.807) is 28.8 Å². The quantitative estimate of drug-likeness (QED) is 0.140. The molecule has 0 aliphatic carbocycles. The highest BCUT2D eigenvalue weighted by Crippen LogP contribution is 2.35. The minimum absolute atomic E-state index is 0. The van der Waals surface area contributed by atoms with Crippen molar-refractivity contribution in [2.24, 2.45) is 5.92 Å². The number of fused-ring (bicyclic) bond motifs is 1. The molecule has 0 bridgehead atoms. The third-order valence-corrected chi connectivity index (χ3v) is 10.2. The van der Waals surface area contributed by atoms with Gasteiger partial charge in [0.15, 0.2) is 5.82 Å². The second-order valence-corrected chi connectivity index (χ2v) is 14.7. The lowest BCUT2D eigenvalue weighted by molar-refractivity contribution is 0.0500. The van der Waals surface area contributed by atoms with E-state index >= 15 is 0 Å². The maximum atomic E-state index is 13.8. The first-order chi connectivity index (χ1) is 28.0. The fourth-order valence-corrected chi connectivity index (χ4v) is 7.13. The van der Waals surface area contributed by atoms with Gasteiger partial charge in [-0.1, -0.05) is 54.9 Å². The van der Waals surface area contributed by atoms with Crippen LogP contribution in [0.5, 0.6) is 5.75 Å². The van der Waals surface area contributed by atoms with Crippen molar-refractivity contribution in [1.29, 1.82) is 0 Å². The SMILES string of the molecule is C.Nc1n[nH]c2cc(-c3ccc(=O)n(Cc4cccc(Cl)c4)c3)cc(OCC3CCOCC3)c12.[C-]#[N+]c1c(F)cc(-c2ccc(=O)n(Cc3cccc(Cl)c3)c2)cc1F. The molecule has 0 saturated carbocycles. The van der Waals surface area contributed by atoms with Gasteiger partial charge in [0, 0.05) is 47.8 Å². The Hall–Kier alpha value is -6.26. The van der Waals surface area contributed by atoms with Gasteiger partial charge in [0.2, 0.25) is 0 Å². The third kappa shape index (κ3) is 10.3. The summed E-state index contributed by atoms with van der Waals surface area (Å²) in [5.74, 6) is -0.322. The smallest absolute Gasteiger partial charge is 0.256 e. The van der Waals surface area contributed by atoms with Crippen LogP contribution in [0.25, 0.3) is 38.0 Å². The number of aromatic nitrogens is 4. The summed E-state index contributed by atoms with van der Waals surface area (Å²) >= 11 is 12.1. The fourth-order valence-electron chi connectivity index (χ4n) is 6.70. The van der Waals surface area contributed by atoms with Crippen LogP contribution in [0.2, 0.25) is 10.0 Å². The molecule has 0 spiro atoms. The second kappa shape index (κ2) is 19.0. The molecule has 8 rings (SSSR count). The van der Waals surface area contributed by atoms with Gasteiger partial charge < -0.3 is 24.3 Å². The number of nitrogen functional groups attached to an aromatic ring is 1. The Balaban J connectivity index is 0.000000203. The standard InChI is InChI=1S/C25H25ClN4O3.C19H11ClF2N2O.CH4/c26-20-3-1-2-17(10-20)13-30-14-18(4-5-23(30)31)19-11-21-24(25(27)29-28-21)22(12-19)33-15-16-6-8-32-9-7-16;1-23-19-16(21)8-14(9-17(19)22)13-5-6-18(25)24(11-13)10-12-3-2-4-15(20)7-12;/h1-5,10-12,14,16H,6-9,13,15H2,(H3,27,28,29);2-9,11H,10H2;1H4. The average Bonchev–Trinajstić information content (AvgIpc) is 3.59. The van der Waals surface area contributed by atoms with Crippen LogP contribution in [0.3, 0.4) is 0 Å². The Kier molecular flexibility index (Phi) is 13.6. The molecule has 59 heavy (non-hydrogen) atoms. The number of ether oxygens (including phenoxy) is 2. The first kappa shape index (κ1) is 42.3. The lowest BCUT2D eigenvalue weighted by atomic mass is 10.0. The van der Waals surface area contributed by atoms with Crippen LogP contribution in [0, 0.1) is 24.1 Å². The Morgan fingerprint density at radius 1 is 0.797 bits per heavy atom. The van der Waals surface area contributed by atoms with Crippen molar-refractivity contribution < 1.29 is 18.3 Å². The largest absolute Gasteiger partial charge is 0.492 e. The number of aromatic amines is 1. The van der Waals surface area contributed by atoms with Crippen molar-refractivity contribution in [3.63, 3.8) is 0 Å². The van der Waals surface area contributed by atoms with Crippen LogP contribution in [0.15, 0.2) is 119 Å². The van der Waals surface area contributed by atoms with E-state index in [9.17, 15) is 18.4 Å². The second-order valence-electron chi connectivity index (χ2n) is 13.8. The highest BCUT2D eigenvalue weighted by atomic mass is 35.5. The number of nitrogens with one attached hydrogen (secondary N) is 1. The van der Waals surface area contributed by atoms with Crippen LogP contribution >= 0.6 is 23.2 Å². The van der Waals surface area contributed by atoms with E-state index in [4.69, 9.17) is 45.0 Å². The Labute approximate surface area is 349 Å². The van der Waals surface area contributed by atoms with Gasteiger partial charge in [-0.25, -0.2) is 13.6 Å². The van der Waals surface area contributed by atoms with E-state index in [1.165, 1.54) is 22.9 Å². The summed E-state index contributed by atoms with van der Waals surface area (Å²) in [4.78, 5) is 27.4. The molecule has 1 saturated heterocycles. The Morgan fingerprint density at radius 2 is 1.34 bits per heavy atom. The first-order valence-electron chi connectivity index (χ1n) is 18.3. The minimum atomic E-state index is -0.933. The molecule has 7 aromatic rings. The number of benzene rings is 4. The summed E-state index contributed by atoms with van der Waals surface area (Å²) in [6.07, 6.45) is 5.34. The van der Waals surface area contributed by atoms with E-state index in [2.05, 4.69) is 15.0 Å². The molecule has 14 heteroatoms. The van der Waals surface area contributed by atoms with E-state index in [-0.39, 0.29) is 30.7 Å². The van der Waals surface area contributed by atoms with Crippen molar-refractivity contribution in [2.75, 3.05) is 25.6 Å². The van der Waals surface area contributed by atoms with Gasteiger partial charge in [-0.05, 0) is 113 Å². The first-order valence-corrected chi connectivity index (χ1v) is 19.1. The van der Waals surface area contributed by atoms with Crippen LogP contribution in [0.1, 0.15) is 31.4 Å². The highest BCUT2D eigenvalue weighted by Gasteiger charge is 2.18. The molecule has 4 aromatic carbocycles. The summed E-state index contributed by atoms with van der Waals surface area (Å²) in [6.45, 7) is 9.64. The Morgan fingerprint density at radius 3 is 1.86 bits per heavy atom. The number of rotatable bonds is 9. The summed E-state index contributed by atoms with van der Waals surface area (Å²) < 4.78 is 42.5. The van der Waals surface area contributed by atoms with E-state index in [1.807, 2.05) is 54.7 Å². The zero-order chi connectivity index (χ0) is 40.8. The van der Waals surface area contributed by atoms with Crippen molar-refractivity contribution >= 4 is 45.6 Å². The topological polar surface area (TPSA) is 122 Å². The van der Waals surface area contributed by atoms with Crippen molar-refractivity contribution in [3.8, 4) is 28.0 Å². The average molecular weight is 838 g/mol. The van der Waals surface area contributed by atoms with Crippen LogP contribution in [0.4, 0.5) is 20.3 Å². The number of H-pyrrole nitrogens is 1. The molecule has 3 N–H and O–H groups in total. The molecule has 0 radical (unpaired) electrons. The molecule has 10 nitrogen and oxygen atoms in total. The summed E-state index contributed by atoms with van der Waals surface area (Å²) in [5, 5.41) is 9.13. The van der Waals surface area contributed by atoms with Crippen molar-refractivity contribution in [2.45, 2.75) is 33.4 Å². The third-order valence-electron chi connectivity index (χ3n) is 9.72.